The van der Waals surface area contributed by atoms with Crippen LogP contribution in [0.2, 0.25) is 0 Å². The van der Waals surface area contributed by atoms with Crippen LogP contribution in [0.4, 0.5) is 0 Å². The molecule has 5 aromatic rings. The summed E-state index contributed by atoms with van der Waals surface area (Å²) in [5, 5.41) is 3.69. The van der Waals surface area contributed by atoms with Crippen LogP contribution in [0, 0.1) is 6.92 Å². The van der Waals surface area contributed by atoms with Gasteiger partial charge >= 0.3 is 0 Å². The number of hydrogen-bond donors (Lipinski definition) is 0. The van der Waals surface area contributed by atoms with Crippen molar-refractivity contribution in [1.82, 2.24) is 9.55 Å². The summed E-state index contributed by atoms with van der Waals surface area (Å²) in [6.45, 7) is 6.48. The first-order chi connectivity index (χ1) is 13.1. The zero-order chi connectivity index (χ0) is 18.5. The van der Waals surface area contributed by atoms with Crippen molar-refractivity contribution in [3.8, 4) is 0 Å². The van der Waals surface area contributed by atoms with Crippen LogP contribution in [-0.2, 0) is 7.05 Å². The fourth-order valence-corrected chi connectivity index (χ4v) is 4.07. The van der Waals surface area contributed by atoms with Crippen molar-refractivity contribution in [2.45, 2.75) is 6.92 Å². The van der Waals surface area contributed by atoms with Crippen molar-refractivity contribution in [2.24, 2.45) is 7.05 Å². The van der Waals surface area contributed by atoms with Crippen LogP contribution >= 0.6 is 0 Å². The SMILES string of the molecule is C=C(c1ccc2c(c1)c1ccccc1n2C)c1cc(C)nc2ccccc12. The number of rotatable bonds is 2. The van der Waals surface area contributed by atoms with Crippen LogP contribution in [-0.4, -0.2) is 9.55 Å². The van der Waals surface area contributed by atoms with E-state index in [0.717, 1.165) is 33.3 Å². The molecule has 2 nitrogen and oxygen atoms in total. The molecule has 5 rings (SSSR count). The Morgan fingerprint density at radius 3 is 2.37 bits per heavy atom. The second kappa shape index (κ2) is 5.82. The van der Waals surface area contributed by atoms with Crippen LogP contribution in [0.25, 0.3) is 38.3 Å². The molecular weight excluding hydrogens is 328 g/mol. The van der Waals surface area contributed by atoms with Crippen molar-refractivity contribution >= 4 is 38.3 Å². The van der Waals surface area contributed by atoms with Gasteiger partial charge in [0.25, 0.3) is 0 Å². The molecule has 0 spiro atoms. The number of pyridine rings is 1. The Morgan fingerprint density at radius 2 is 1.52 bits per heavy atom. The fourth-order valence-electron chi connectivity index (χ4n) is 4.07. The maximum Gasteiger partial charge on any atom is 0.0711 e. The summed E-state index contributed by atoms with van der Waals surface area (Å²) in [6.07, 6.45) is 0. The normalized spacial score (nSPS) is 11.5. The second-order valence-corrected chi connectivity index (χ2v) is 7.11. The molecule has 0 aliphatic heterocycles. The van der Waals surface area contributed by atoms with E-state index in [0.29, 0.717) is 0 Å². The first kappa shape index (κ1) is 15.8. The lowest BCUT2D eigenvalue weighted by atomic mass is 9.94. The van der Waals surface area contributed by atoms with Crippen LogP contribution in [0.5, 0.6) is 0 Å². The molecule has 130 valence electrons. The quantitative estimate of drug-likeness (QED) is 0.369. The van der Waals surface area contributed by atoms with Gasteiger partial charge in [0.05, 0.1) is 5.52 Å². The molecule has 0 radical (unpaired) electrons. The molecule has 0 unspecified atom stereocenters. The Bertz CT molecular complexity index is 1360. The number of nitrogens with zero attached hydrogens (tertiary/aromatic N) is 2. The van der Waals surface area contributed by atoms with E-state index in [1.165, 1.54) is 21.8 Å². The molecule has 0 bridgehead atoms. The molecule has 0 atom stereocenters. The van der Waals surface area contributed by atoms with E-state index in [2.05, 4.69) is 89.9 Å². The highest BCUT2D eigenvalue weighted by Gasteiger charge is 2.12. The zero-order valence-electron chi connectivity index (χ0n) is 15.5. The summed E-state index contributed by atoms with van der Waals surface area (Å²) in [7, 11) is 2.12. The minimum atomic E-state index is 1.01. The van der Waals surface area contributed by atoms with Gasteiger partial charge in [0.15, 0.2) is 0 Å². The predicted octanol–water partition coefficient (Wildman–Crippen LogP) is 6.25. The van der Waals surface area contributed by atoms with Crippen LogP contribution in [0.3, 0.4) is 0 Å². The third-order valence-electron chi connectivity index (χ3n) is 5.43. The minimum absolute atomic E-state index is 1.01. The monoisotopic (exact) mass is 348 g/mol. The molecule has 0 saturated heterocycles. The van der Waals surface area contributed by atoms with E-state index in [-0.39, 0.29) is 0 Å². The molecule has 0 aliphatic carbocycles. The molecule has 0 amide bonds. The molecular formula is C25H20N2. The standard InChI is InChI=1S/C25H20N2/c1-16-14-21(19-8-4-6-10-23(19)26-16)17(2)18-12-13-25-22(15-18)20-9-5-7-11-24(20)27(25)3/h4-15H,2H2,1,3H3. The lowest BCUT2D eigenvalue weighted by Gasteiger charge is -2.11. The number of para-hydroxylation sites is 2. The molecule has 27 heavy (non-hydrogen) atoms. The van der Waals surface area contributed by atoms with Gasteiger partial charge in [0, 0.05) is 39.9 Å². The Balaban J connectivity index is 1.75. The summed E-state index contributed by atoms with van der Waals surface area (Å²) >= 11 is 0. The number of fused-ring (bicyclic) bond motifs is 4. The van der Waals surface area contributed by atoms with Gasteiger partial charge in [-0.25, -0.2) is 0 Å². The van der Waals surface area contributed by atoms with Crippen LogP contribution < -0.4 is 0 Å². The number of aryl methyl sites for hydroxylation is 2. The van der Waals surface area contributed by atoms with Gasteiger partial charge in [-0.15, -0.1) is 0 Å². The van der Waals surface area contributed by atoms with E-state index in [1.54, 1.807) is 0 Å². The third-order valence-corrected chi connectivity index (χ3v) is 5.43. The smallest absolute Gasteiger partial charge is 0.0711 e. The van der Waals surface area contributed by atoms with Gasteiger partial charge in [-0.1, -0.05) is 49.0 Å². The van der Waals surface area contributed by atoms with Crippen molar-refractivity contribution in [3.05, 3.63) is 96.2 Å². The van der Waals surface area contributed by atoms with Gasteiger partial charge in [-0.3, -0.25) is 4.98 Å². The highest BCUT2D eigenvalue weighted by atomic mass is 14.9. The zero-order valence-corrected chi connectivity index (χ0v) is 15.5. The number of hydrogen-bond acceptors (Lipinski definition) is 1. The van der Waals surface area contributed by atoms with E-state index < -0.39 is 0 Å². The molecule has 0 saturated carbocycles. The first-order valence-electron chi connectivity index (χ1n) is 9.17. The van der Waals surface area contributed by atoms with Crippen molar-refractivity contribution in [2.75, 3.05) is 0 Å². The fraction of sp³-hybridized carbons (Fsp3) is 0.0800. The first-order valence-corrected chi connectivity index (χ1v) is 9.17. The molecule has 0 aliphatic rings. The highest BCUT2D eigenvalue weighted by Crippen LogP contribution is 2.33. The van der Waals surface area contributed by atoms with E-state index in [9.17, 15) is 0 Å². The largest absolute Gasteiger partial charge is 0.344 e. The van der Waals surface area contributed by atoms with Crippen molar-refractivity contribution in [1.29, 1.82) is 0 Å². The average molecular weight is 348 g/mol. The Hall–Kier alpha value is -3.39. The predicted molar refractivity (Wildman–Crippen MR) is 115 cm³/mol. The molecule has 2 heteroatoms. The second-order valence-electron chi connectivity index (χ2n) is 7.11. The Kier molecular flexibility index (Phi) is 3.41. The van der Waals surface area contributed by atoms with Gasteiger partial charge < -0.3 is 4.57 Å². The van der Waals surface area contributed by atoms with Crippen molar-refractivity contribution in [3.63, 3.8) is 0 Å². The maximum absolute atomic E-state index is 4.66. The molecule has 2 heterocycles. The Morgan fingerprint density at radius 1 is 0.815 bits per heavy atom. The Labute approximate surface area is 158 Å². The summed E-state index contributed by atoms with van der Waals surface area (Å²) in [5.41, 5.74) is 7.85. The topological polar surface area (TPSA) is 17.8 Å². The van der Waals surface area contributed by atoms with E-state index in [1.807, 2.05) is 13.0 Å². The van der Waals surface area contributed by atoms with Crippen molar-refractivity contribution < 1.29 is 0 Å². The number of benzene rings is 3. The summed E-state index contributed by atoms with van der Waals surface area (Å²) in [6, 6.07) is 25.6. The van der Waals surface area contributed by atoms with E-state index in [4.69, 9.17) is 0 Å². The minimum Gasteiger partial charge on any atom is -0.344 e. The van der Waals surface area contributed by atoms with Crippen LogP contribution in [0.1, 0.15) is 16.8 Å². The summed E-state index contributed by atoms with van der Waals surface area (Å²) in [4.78, 5) is 4.66. The lowest BCUT2D eigenvalue weighted by Crippen LogP contribution is -1.93. The number of aromatic nitrogens is 2. The molecule has 2 aromatic heterocycles. The summed E-state index contributed by atoms with van der Waals surface area (Å²) < 4.78 is 2.25. The van der Waals surface area contributed by atoms with Gasteiger partial charge in [-0.05, 0) is 54.0 Å². The van der Waals surface area contributed by atoms with E-state index >= 15 is 0 Å². The molecule has 0 fully saturated rings. The van der Waals surface area contributed by atoms with Gasteiger partial charge in [0.1, 0.15) is 0 Å². The summed E-state index contributed by atoms with van der Waals surface area (Å²) in [5.74, 6) is 0. The average Bonchev–Trinajstić information content (AvgIpc) is 2.99. The molecule has 0 N–H and O–H groups in total. The highest BCUT2D eigenvalue weighted by molar-refractivity contribution is 6.09. The molecule has 3 aromatic carbocycles. The third kappa shape index (κ3) is 2.37. The van der Waals surface area contributed by atoms with Gasteiger partial charge in [-0.2, -0.15) is 0 Å². The van der Waals surface area contributed by atoms with Crippen LogP contribution in [0.15, 0.2) is 79.4 Å². The van der Waals surface area contributed by atoms with Gasteiger partial charge in [0.2, 0.25) is 0 Å². The lowest BCUT2D eigenvalue weighted by molar-refractivity contribution is 1.01. The maximum atomic E-state index is 4.66.